The predicted molar refractivity (Wildman–Crippen MR) is 79.2 cm³/mol. The molecule has 0 aliphatic carbocycles. The van der Waals surface area contributed by atoms with Gasteiger partial charge in [-0.1, -0.05) is 43.3 Å². The van der Waals surface area contributed by atoms with Crippen molar-refractivity contribution in [2.75, 3.05) is 0 Å². The highest BCUT2D eigenvalue weighted by Gasteiger charge is 2.46. The maximum Gasteiger partial charge on any atom is 0.0919 e. The highest BCUT2D eigenvalue weighted by atomic mass is 32.2. The molecule has 3 rings (SSSR count). The molecule has 2 unspecified atom stereocenters. The number of fused-ring (bicyclic) bond motifs is 2. The number of benzene rings is 1. The molecule has 3 heteroatoms. The van der Waals surface area contributed by atoms with Gasteiger partial charge in [-0.15, -0.1) is 0 Å². The largest absolute Gasteiger partial charge is 0.385 e. The fraction of sp³-hybridized carbons (Fsp3) is 0.500. The van der Waals surface area contributed by atoms with E-state index in [9.17, 15) is 9.32 Å². The van der Waals surface area contributed by atoms with Crippen molar-refractivity contribution < 1.29 is 9.32 Å². The van der Waals surface area contributed by atoms with Crippen molar-refractivity contribution in [1.29, 1.82) is 0 Å². The van der Waals surface area contributed by atoms with Gasteiger partial charge >= 0.3 is 0 Å². The summed E-state index contributed by atoms with van der Waals surface area (Å²) in [5.74, 6) is 0. The van der Waals surface area contributed by atoms with Gasteiger partial charge in [0.05, 0.1) is 5.60 Å². The smallest absolute Gasteiger partial charge is 0.0919 e. The Balaban J connectivity index is 1.90. The van der Waals surface area contributed by atoms with Gasteiger partial charge in [0.25, 0.3) is 0 Å². The first-order valence-corrected chi connectivity index (χ1v) is 8.25. The van der Waals surface area contributed by atoms with Gasteiger partial charge in [-0.05, 0) is 36.8 Å². The second-order valence-electron chi connectivity index (χ2n) is 5.77. The molecular weight excluding hydrogens is 256 g/mol. The molecule has 2 nitrogen and oxygen atoms in total. The molecule has 2 heterocycles. The fourth-order valence-corrected chi connectivity index (χ4v) is 5.67. The van der Waals surface area contributed by atoms with E-state index in [1.807, 2.05) is 24.3 Å². The first-order valence-electron chi connectivity index (χ1n) is 6.97. The summed E-state index contributed by atoms with van der Waals surface area (Å²) in [7, 11) is -0.739. The molecule has 0 spiro atoms. The Morgan fingerprint density at radius 3 is 2.32 bits per heavy atom. The minimum absolute atomic E-state index is 0.177. The highest BCUT2D eigenvalue weighted by Crippen LogP contribution is 2.44. The first-order chi connectivity index (χ1) is 9.12. The van der Waals surface area contributed by atoms with E-state index >= 15 is 0 Å². The van der Waals surface area contributed by atoms with E-state index < -0.39 is 16.4 Å². The zero-order chi connectivity index (χ0) is 13.5. The van der Waals surface area contributed by atoms with Crippen molar-refractivity contribution in [3.63, 3.8) is 0 Å². The quantitative estimate of drug-likeness (QED) is 0.901. The molecule has 19 heavy (non-hydrogen) atoms. The van der Waals surface area contributed by atoms with Crippen LogP contribution in [0.25, 0.3) is 6.08 Å². The zero-order valence-electron chi connectivity index (χ0n) is 11.0. The van der Waals surface area contributed by atoms with Crippen LogP contribution in [0.15, 0.2) is 30.8 Å². The first kappa shape index (κ1) is 13.1. The van der Waals surface area contributed by atoms with E-state index in [2.05, 4.69) is 6.58 Å². The van der Waals surface area contributed by atoms with Crippen molar-refractivity contribution in [1.82, 2.24) is 0 Å². The maximum atomic E-state index is 12.2. The van der Waals surface area contributed by atoms with Crippen LogP contribution < -0.4 is 0 Å². The maximum absolute atomic E-state index is 12.2. The van der Waals surface area contributed by atoms with Crippen LogP contribution in [-0.2, 0) is 16.4 Å². The van der Waals surface area contributed by atoms with E-state index in [1.165, 1.54) is 0 Å². The summed E-state index contributed by atoms with van der Waals surface area (Å²) in [6.45, 7) is 3.74. The lowest BCUT2D eigenvalue weighted by Crippen LogP contribution is -2.47. The van der Waals surface area contributed by atoms with Crippen LogP contribution >= 0.6 is 0 Å². The summed E-state index contributed by atoms with van der Waals surface area (Å²) in [5, 5.41) is 11.3. The SMILES string of the molecule is C=Cc1ccc(C2(O)CC3CCCC(C2)S3=O)cc1. The average Bonchev–Trinajstić information content (AvgIpc) is 2.41. The third-order valence-electron chi connectivity index (χ3n) is 4.52. The van der Waals surface area contributed by atoms with Crippen LogP contribution in [-0.4, -0.2) is 19.8 Å². The summed E-state index contributed by atoms with van der Waals surface area (Å²) in [4.78, 5) is 0. The average molecular weight is 276 g/mol. The zero-order valence-corrected chi connectivity index (χ0v) is 11.9. The minimum atomic E-state index is -0.788. The number of hydrogen-bond acceptors (Lipinski definition) is 2. The molecule has 2 aliphatic heterocycles. The molecule has 0 aromatic heterocycles. The van der Waals surface area contributed by atoms with Crippen LogP contribution in [0.2, 0.25) is 0 Å². The van der Waals surface area contributed by atoms with Crippen molar-refractivity contribution in [3.8, 4) is 0 Å². The van der Waals surface area contributed by atoms with Crippen LogP contribution in [0.4, 0.5) is 0 Å². The van der Waals surface area contributed by atoms with Gasteiger partial charge in [0.15, 0.2) is 0 Å². The van der Waals surface area contributed by atoms with Crippen molar-refractivity contribution in [2.24, 2.45) is 0 Å². The minimum Gasteiger partial charge on any atom is -0.385 e. The molecule has 0 saturated carbocycles. The topological polar surface area (TPSA) is 37.3 Å². The van der Waals surface area contributed by atoms with E-state index in [0.717, 1.165) is 30.4 Å². The summed E-state index contributed by atoms with van der Waals surface area (Å²) in [6, 6.07) is 7.95. The van der Waals surface area contributed by atoms with Crippen LogP contribution in [0.5, 0.6) is 0 Å². The second-order valence-corrected chi connectivity index (χ2v) is 7.76. The van der Waals surface area contributed by atoms with Crippen LogP contribution in [0.3, 0.4) is 0 Å². The van der Waals surface area contributed by atoms with Gasteiger partial charge in [-0.2, -0.15) is 0 Å². The lowest BCUT2D eigenvalue weighted by Gasteiger charge is -2.43. The van der Waals surface area contributed by atoms with Crippen molar-refractivity contribution >= 4 is 16.9 Å². The number of hydrogen-bond donors (Lipinski definition) is 1. The van der Waals surface area contributed by atoms with E-state index in [1.54, 1.807) is 6.08 Å². The normalized spacial score (nSPS) is 37.8. The highest BCUT2D eigenvalue weighted by molar-refractivity contribution is 7.86. The van der Waals surface area contributed by atoms with Crippen molar-refractivity contribution in [3.05, 3.63) is 42.0 Å². The third-order valence-corrected chi connectivity index (χ3v) is 6.64. The lowest BCUT2D eigenvalue weighted by atomic mass is 9.80. The number of rotatable bonds is 2. The van der Waals surface area contributed by atoms with Gasteiger partial charge in [0, 0.05) is 21.3 Å². The lowest BCUT2D eigenvalue weighted by molar-refractivity contribution is 0.00654. The van der Waals surface area contributed by atoms with E-state index in [-0.39, 0.29) is 10.5 Å². The molecule has 1 aromatic carbocycles. The van der Waals surface area contributed by atoms with Crippen molar-refractivity contribution in [2.45, 2.75) is 48.2 Å². The van der Waals surface area contributed by atoms with Gasteiger partial charge in [-0.25, -0.2) is 0 Å². The van der Waals surface area contributed by atoms with Gasteiger partial charge in [0.2, 0.25) is 0 Å². The Labute approximate surface area is 117 Å². The van der Waals surface area contributed by atoms with Gasteiger partial charge < -0.3 is 5.11 Å². The molecule has 1 N–H and O–H groups in total. The molecule has 2 saturated heterocycles. The molecule has 0 radical (unpaired) electrons. The standard InChI is InChI=1S/C16H20O2S/c1-2-12-6-8-13(9-7-12)16(17)10-14-4-3-5-15(11-16)19(14)18/h2,6-9,14-15,17H,1,3-5,10-11H2. The fourth-order valence-electron chi connectivity index (χ4n) is 3.45. The summed E-state index contributed by atoms with van der Waals surface area (Å²) in [6.07, 6.45) is 6.24. The van der Waals surface area contributed by atoms with Gasteiger partial charge in [-0.3, -0.25) is 4.21 Å². The third kappa shape index (κ3) is 2.30. The molecule has 2 bridgehead atoms. The molecule has 0 amide bonds. The Hall–Kier alpha value is -0.930. The monoisotopic (exact) mass is 276 g/mol. The Morgan fingerprint density at radius 2 is 1.79 bits per heavy atom. The summed E-state index contributed by atoms with van der Waals surface area (Å²) >= 11 is 0. The number of aliphatic hydroxyl groups is 1. The molecule has 2 atom stereocenters. The summed E-state index contributed by atoms with van der Waals surface area (Å²) < 4.78 is 12.2. The molecule has 1 aromatic rings. The van der Waals surface area contributed by atoms with Crippen LogP contribution in [0.1, 0.15) is 43.2 Å². The Morgan fingerprint density at radius 1 is 1.21 bits per heavy atom. The molecular formula is C16H20O2S. The van der Waals surface area contributed by atoms with Crippen LogP contribution in [0, 0.1) is 0 Å². The van der Waals surface area contributed by atoms with E-state index in [0.29, 0.717) is 12.8 Å². The Bertz CT molecular complexity index is 490. The Kier molecular flexibility index (Phi) is 3.35. The predicted octanol–water partition coefficient (Wildman–Crippen LogP) is 2.98. The molecule has 2 fully saturated rings. The van der Waals surface area contributed by atoms with E-state index in [4.69, 9.17) is 0 Å². The summed E-state index contributed by atoms with van der Waals surface area (Å²) in [5.41, 5.74) is 1.24. The molecule has 2 aliphatic rings. The molecule has 102 valence electrons. The second kappa shape index (κ2) is 4.88. The van der Waals surface area contributed by atoms with Gasteiger partial charge in [0.1, 0.15) is 0 Å².